The molecule has 4 N–H and O–H groups in total. The number of thiol groups is 1. The minimum Gasteiger partial charge on any atom is -0.409 e. The zero-order valence-electron chi connectivity index (χ0n) is 20.9. The molecule has 0 aromatic heterocycles. The first-order valence-corrected chi connectivity index (χ1v) is 17.6. The Hall–Kier alpha value is -0.436. The third kappa shape index (κ3) is 6.80. The minimum atomic E-state index is -2.13. The number of ether oxygens (including phenoxy) is 1. The lowest BCUT2D eigenvalue weighted by atomic mass is 9.92. The summed E-state index contributed by atoms with van der Waals surface area (Å²) < 4.78 is 22.4. The summed E-state index contributed by atoms with van der Waals surface area (Å²) in [5.74, 6) is -0.685. The molecule has 0 aromatic carbocycles. The number of hydrogen-bond acceptors (Lipinski definition) is 7. The van der Waals surface area contributed by atoms with Crippen molar-refractivity contribution in [1.29, 1.82) is 0 Å². The minimum absolute atomic E-state index is 0.189. The second-order valence-corrected chi connectivity index (χ2v) is 18.4. The van der Waals surface area contributed by atoms with E-state index in [1.54, 1.807) is 0 Å². The second kappa shape index (κ2) is 13.5. The number of carbonyl (C=O) groups excluding carboxylic acids is 2. The van der Waals surface area contributed by atoms with Gasteiger partial charge in [0.05, 0.1) is 24.4 Å². The molecule has 0 bridgehead atoms. The van der Waals surface area contributed by atoms with Gasteiger partial charge >= 0.3 is 0 Å². The molecule has 2 amide bonds. The fourth-order valence-electron chi connectivity index (χ4n) is 4.67. The zero-order valence-corrected chi connectivity index (χ0v) is 23.8. The van der Waals surface area contributed by atoms with Crippen molar-refractivity contribution in [2.45, 2.75) is 115 Å². The lowest BCUT2D eigenvalue weighted by Crippen LogP contribution is -2.71. The summed E-state index contributed by atoms with van der Waals surface area (Å²) in [7, 11) is -4.19. The maximum atomic E-state index is 12.7. The van der Waals surface area contributed by atoms with E-state index < -0.39 is 53.0 Å². The Kier molecular flexibility index (Phi) is 12.4. The Bertz CT molecular complexity index is 591. The van der Waals surface area contributed by atoms with Gasteiger partial charge in [0, 0.05) is 13.5 Å². The highest BCUT2D eigenvalue weighted by Crippen LogP contribution is 2.35. The van der Waals surface area contributed by atoms with Crippen LogP contribution in [0.2, 0.25) is 36.3 Å². The SMILES string of the molecule is CC[Si](CC)(CC)O[C@@H]1C(CN)O[C@@H](C(=O)NS)C(NC(C)=O)[C@@H]1O[Si](CC)(CC)CC. The quantitative estimate of drug-likeness (QED) is 0.225. The van der Waals surface area contributed by atoms with Crippen LogP contribution in [0.4, 0.5) is 0 Å². The van der Waals surface area contributed by atoms with Gasteiger partial charge in [-0.25, -0.2) is 0 Å². The lowest BCUT2D eigenvalue weighted by Gasteiger charge is -2.51. The molecule has 1 heterocycles. The highest BCUT2D eigenvalue weighted by molar-refractivity contribution is 7.78. The summed E-state index contributed by atoms with van der Waals surface area (Å²) in [6.07, 6.45) is -2.47. The Labute approximate surface area is 201 Å². The summed E-state index contributed by atoms with van der Waals surface area (Å²) in [5.41, 5.74) is 6.14. The molecule has 2 unspecified atom stereocenters. The molecule has 0 aliphatic carbocycles. The molecule has 1 saturated heterocycles. The van der Waals surface area contributed by atoms with Crippen LogP contribution in [0.5, 0.6) is 0 Å². The van der Waals surface area contributed by atoms with Crippen LogP contribution >= 0.6 is 12.8 Å². The number of amides is 2. The van der Waals surface area contributed by atoms with Gasteiger partial charge in [-0.15, -0.1) is 0 Å². The third-order valence-electron chi connectivity index (χ3n) is 7.30. The highest BCUT2D eigenvalue weighted by Gasteiger charge is 2.53. The van der Waals surface area contributed by atoms with E-state index in [0.717, 1.165) is 36.3 Å². The number of nitrogens with one attached hydrogen (secondary N) is 2. The smallest absolute Gasteiger partial charge is 0.261 e. The maximum absolute atomic E-state index is 12.7. The van der Waals surface area contributed by atoms with Crippen LogP contribution in [0.25, 0.3) is 0 Å². The predicted octanol–water partition coefficient (Wildman–Crippen LogP) is 2.96. The summed E-state index contributed by atoms with van der Waals surface area (Å²) in [6.45, 7) is 14.6. The van der Waals surface area contributed by atoms with E-state index in [-0.39, 0.29) is 12.5 Å². The van der Waals surface area contributed by atoms with Crippen molar-refractivity contribution in [3.05, 3.63) is 0 Å². The van der Waals surface area contributed by atoms with Crippen LogP contribution in [0.3, 0.4) is 0 Å². The van der Waals surface area contributed by atoms with Crippen molar-refractivity contribution in [2.24, 2.45) is 5.73 Å². The molecule has 11 heteroatoms. The fraction of sp³-hybridized carbons (Fsp3) is 0.905. The first-order chi connectivity index (χ1) is 15.1. The van der Waals surface area contributed by atoms with Gasteiger partial charge in [-0.2, -0.15) is 0 Å². The van der Waals surface area contributed by atoms with Crippen LogP contribution in [-0.4, -0.2) is 65.5 Å². The standard InChI is InChI=1S/C21H45N3O5SSi2/c1-8-31(9-2,10-3)28-18-16(14-22)27-20(21(26)24-30)17(23-15(7)25)19(18)29-32(11-4,12-5)13-6/h16-20,30H,8-14,22H2,1-7H3,(H,23,25)(H,24,26)/t16?,17?,18-,19+,20-/m1/s1. The van der Waals surface area contributed by atoms with Crippen molar-refractivity contribution in [3.8, 4) is 0 Å². The average molecular weight is 508 g/mol. The fourth-order valence-corrected chi connectivity index (χ4v) is 10.5. The molecule has 0 aromatic rings. The zero-order chi connectivity index (χ0) is 24.5. The Morgan fingerprint density at radius 3 is 1.69 bits per heavy atom. The van der Waals surface area contributed by atoms with Crippen molar-refractivity contribution in [3.63, 3.8) is 0 Å². The van der Waals surface area contributed by atoms with E-state index in [1.165, 1.54) is 6.92 Å². The van der Waals surface area contributed by atoms with Gasteiger partial charge in [0.1, 0.15) is 0 Å². The molecule has 32 heavy (non-hydrogen) atoms. The van der Waals surface area contributed by atoms with Gasteiger partial charge in [0.2, 0.25) is 5.91 Å². The topological polar surface area (TPSA) is 112 Å². The largest absolute Gasteiger partial charge is 0.409 e. The van der Waals surface area contributed by atoms with Gasteiger partial charge < -0.3 is 29.4 Å². The maximum Gasteiger partial charge on any atom is 0.261 e. The number of nitrogens with two attached hydrogens (primary N) is 1. The van der Waals surface area contributed by atoms with Crippen LogP contribution in [0.15, 0.2) is 0 Å². The lowest BCUT2D eigenvalue weighted by molar-refractivity contribution is -0.180. The third-order valence-corrected chi connectivity index (χ3v) is 16.8. The Balaban J connectivity index is 3.61. The molecule has 0 radical (unpaired) electrons. The van der Waals surface area contributed by atoms with E-state index in [0.29, 0.717) is 0 Å². The molecule has 188 valence electrons. The first kappa shape index (κ1) is 29.6. The van der Waals surface area contributed by atoms with Gasteiger partial charge in [-0.1, -0.05) is 54.4 Å². The highest BCUT2D eigenvalue weighted by atomic mass is 32.1. The summed E-state index contributed by atoms with van der Waals surface area (Å²) in [5, 5.41) is 2.94. The van der Waals surface area contributed by atoms with E-state index >= 15 is 0 Å². The monoisotopic (exact) mass is 507 g/mol. The van der Waals surface area contributed by atoms with Gasteiger partial charge in [-0.3, -0.25) is 9.59 Å². The van der Waals surface area contributed by atoms with Crippen LogP contribution in [0.1, 0.15) is 48.5 Å². The molecule has 8 nitrogen and oxygen atoms in total. The molecular formula is C21H45N3O5SSi2. The summed E-state index contributed by atoms with van der Waals surface area (Å²) >= 11 is 3.94. The molecule has 0 saturated carbocycles. The van der Waals surface area contributed by atoms with E-state index in [1.807, 2.05) is 0 Å². The van der Waals surface area contributed by atoms with Gasteiger partial charge in [-0.05, 0) is 36.3 Å². The van der Waals surface area contributed by atoms with Crippen LogP contribution in [0, 0.1) is 0 Å². The van der Waals surface area contributed by atoms with Gasteiger partial charge in [0.15, 0.2) is 22.7 Å². The predicted molar refractivity (Wildman–Crippen MR) is 137 cm³/mol. The first-order valence-electron chi connectivity index (χ1n) is 12.1. The van der Waals surface area contributed by atoms with Crippen LogP contribution < -0.4 is 15.8 Å². The molecule has 1 rings (SSSR count). The average Bonchev–Trinajstić information content (AvgIpc) is 2.81. The summed E-state index contributed by atoms with van der Waals surface area (Å²) in [4.78, 5) is 24.9. The number of carbonyl (C=O) groups is 2. The molecular weight excluding hydrogens is 462 g/mol. The molecule has 1 aliphatic heterocycles. The van der Waals surface area contributed by atoms with Crippen molar-refractivity contribution < 1.29 is 23.2 Å². The van der Waals surface area contributed by atoms with E-state index in [2.05, 4.69) is 64.4 Å². The van der Waals surface area contributed by atoms with Gasteiger partial charge in [0.25, 0.3) is 5.91 Å². The van der Waals surface area contributed by atoms with E-state index in [9.17, 15) is 9.59 Å². The Morgan fingerprint density at radius 1 is 0.906 bits per heavy atom. The van der Waals surface area contributed by atoms with Crippen LogP contribution in [-0.2, 0) is 23.2 Å². The van der Waals surface area contributed by atoms with Crippen molar-refractivity contribution in [1.82, 2.24) is 10.0 Å². The van der Waals surface area contributed by atoms with Crippen molar-refractivity contribution in [2.75, 3.05) is 6.54 Å². The molecule has 0 spiro atoms. The van der Waals surface area contributed by atoms with Crippen molar-refractivity contribution >= 4 is 41.3 Å². The molecule has 1 aliphatic rings. The van der Waals surface area contributed by atoms with E-state index in [4.69, 9.17) is 19.3 Å². The Morgan fingerprint density at radius 2 is 1.34 bits per heavy atom. The second-order valence-electron chi connectivity index (χ2n) is 8.69. The number of hydrogen-bond donors (Lipinski definition) is 4. The molecule has 5 atom stereocenters. The normalized spacial score (nSPS) is 26.6. The summed E-state index contributed by atoms with van der Waals surface area (Å²) in [6, 6.07) is 5.00. The number of rotatable bonds is 13. The molecule has 1 fully saturated rings.